The van der Waals surface area contributed by atoms with Gasteiger partial charge in [0.05, 0.1) is 0 Å². The molecule has 0 aliphatic carbocycles. The number of oxime groups is 1. The van der Waals surface area contributed by atoms with Gasteiger partial charge < -0.3 is 15.3 Å². The third-order valence-corrected chi connectivity index (χ3v) is 2.94. The van der Waals surface area contributed by atoms with E-state index in [-0.39, 0.29) is 12.1 Å². The second-order valence-electron chi connectivity index (χ2n) is 4.40. The van der Waals surface area contributed by atoms with Crippen LogP contribution in [0.4, 0.5) is 5.69 Å². The molecule has 1 amide bonds. The molecule has 6 heteroatoms. The summed E-state index contributed by atoms with van der Waals surface area (Å²) in [5.41, 5.74) is 2.46. The molecule has 1 aliphatic heterocycles. The number of hydrogen-bond donors (Lipinski definition) is 2. The number of benzene rings is 1. The van der Waals surface area contributed by atoms with Gasteiger partial charge in [0.2, 0.25) is 6.10 Å². The molecule has 0 spiro atoms. The zero-order chi connectivity index (χ0) is 14.0. The SMILES string of the molecule is Cc1cccc(C)c1NC(=O)C1CC(C(=O)O)=NO1. The van der Waals surface area contributed by atoms with Gasteiger partial charge in [0.25, 0.3) is 5.91 Å². The van der Waals surface area contributed by atoms with Crippen LogP contribution in [0.1, 0.15) is 17.5 Å². The van der Waals surface area contributed by atoms with Gasteiger partial charge >= 0.3 is 5.97 Å². The average molecular weight is 262 g/mol. The predicted molar refractivity (Wildman–Crippen MR) is 69.1 cm³/mol. The summed E-state index contributed by atoms with van der Waals surface area (Å²) in [6, 6.07) is 5.67. The smallest absolute Gasteiger partial charge is 0.353 e. The molecule has 1 heterocycles. The van der Waals surface area contributed by atoms with Crippen LogP contribution in [0.15, 0.2) is 23.4 Å². The topological polar surface area (TPSA) is 88.0 Å². The first-order valence-electron chi connectivity index (χ1n) is 5.82. The molecule has 0 saturated heterocycles. The summed E-state index contributed by atoms with van der Waals surface area (Å²) >= 11 is 0. The van der Waals surface area contributed by atoms with Crippen molar-refractivity contribution < 1.29 is 19.5 Å². The van der Waals surface area contributed by atoms with E-state index in [2.05, 4.69) is 10.5 Å². The molecule has 1 aromatic rings. The number of aryl methyl sites for hydroxylation is 2. The second-order valence-corrected chi connectivity index (χ2v) is 4.40. The molecule has 1 unspecified atom stereocenters. The minimum atomic E-state index is -1.16. The lowest BCUT2D eigenvalue weighted by molar-refractivity contribution is -0.129. The largest absolute Gasteiger partial charge is 0.477 e. The Morgan fingerprint density at radius 1 is 1.37 bits per heavy atom. The van der Waals surface area contributed by atoms with Crippen molar-refractivity contribution in [2.24, 2.45) is 5.16 Å². The van der Waals surface area contributed by atoms with E-state index in [1.165, 1.54) is 0 Å². The van der Waals surface area contributed by atoms with Crippen LogP contribution in [-0.4, -0.2) is 28.8 Å². The molecule has 1 aliphatic rings. The van der Waals surface area contributed by atoms with E-state index >= 15 is 0 Å². The Balaban J connectivity index is 2.06. The van der Waals surface area contributed by atoms with Crippen molar-refractivity contribution >= 4 is 23.3 Å². The molecule has 1 aromatic carbocycles. The summed E-state index contributed by atoms with van der Waals surface area (Å²) in [5, 5.41) is 14.9. The van der Waals surface area contributed by atoms with Crippen LogP contribution in [0, 0.1) is 13.8 Å². The number of para-hydroxylation sites is 1. The van der Waals surface area contributed by atoms with Gasteiger partial charge in [-0.15, -0.1) is 0 Å². The summed E-state index contributed by atoms with van der Waals surface area (Å²) in [6.07, 6.45) is -0.906. The van der Waals surface area contributed by atoms with E-state index in [9.17, 15) is 9.59 Å². The van der Waals surface area contributed by atoms with Crippen molar-refractivity contribution in [2.45, 2.75) is 26.4 Å². The van der Waals surface area contributed by atoms with E-state index in [1.807, 2.05) is 32.0 Å². The number of amides is 1. The Bertz CT molecular complexity index is 546. The van der Waals surface area contributed by atoms with Crippen LogP contribution in [0.3, 0.4) is 0 Å². The van der Waals surface area contributed by atoms with Gasteiger partial charge in [-0.25, -0.2) is 4.79 Å². The van der Waals surface area contributed by atoms with Crippen LogP contribution in [0.2, 0.25) is 0 Å². The molecule has 2 rings (SSSR count). The Labute approximate surface area is 110 Å². The lowest BCUT2D eigenvalue weighted by Gasteiger charge is -2.13. The summed E-state index contributed by atoms with van der Waals surface area (Å²) in [5.74, 6) is -1.56. The predicted octanol–water partition coefficient (Wildman–Crippen LogP) is 1.47. The molecule has 0 radical (unpaired) electrons. The molecular weight excluding hydrogens is 248 g/mol. The number of carboxylic acid groups (broad SMARTS) is 1. The van der Waals surface area contributed by atoms with Gasteiger partial charge in [0.15, 0.2) is 5.71 Å². The molecule has 19 heavy (non-hydrogen) atoms. The maximum absolute atomic E-state index is 12.0. The van der Waals surface area contributed by atoms with E-state index in [0.717, 1.165) is 16.8 Å². The fourth-order valence-corrected chi connectivity index (χ4v) is 1.86. The highest BCUT2D eigenvalue weighted by Gasteiger charge is 2.31. The maximum Gasteiger partial charge on any atom is 0.353 e. The number of carbonyl (C=O) groups is 2. The number of nitrogens with zero attached hydrogens (tertiary/aromatic N) is 1. The molecule has 0 saturated carbocycles. The van der Waals surface area contributed by atoms with Crippen molar-refractivity contribution in [1.82, 2.24) is 0 Å². The van der Waals surface area contributed by atoms with E-state index in [4.69, 9.17) is 9.94 Å². The number of carbonyl (C=O) groups excluding carboxylic acids is 1. The van der Waals surface area contributed by atoms with E-state index in [1.54, 1.807) is 0 Å². The highest BCUT2D eigenvalue weighted by atomic mass is 16.6. The van der Waals surface area contributed by atoms with Crippen molar-refractivity contribution in [3.8, 4) is 0 Å². The average Bonchev–Trinajstić information content (AvgIpc) is 2.83. The van der Waals surface area contributed by atoms with Crippen LogP contribution in [0.25, 0.3) is 0 Å². The van der Waals surface area contributed by atoms with Crippen molar-refractivity contribution in [2.75, 3.05) is 5.32 Å². The Morgan fingerprint density at radius 2 is 2.00 bits per heavy atom. The fourth-order valence-electron chi connectivity index (χ4n) is 1.86. The fraction of sp³-hybridized carbons (Fsp3) is 0.308. The third-order valence-electron chi connectivity index (χ3n) is 2.94. The van der Waals surface area contributed by atoms with Crippen LogP contribution < -0.4 is 5.32 Å². The molecule has 0 fully saturated rings. The number of carboxylic acids is 1. The number of hydrogen-bond acceptors (Lipinski definition) is 4. The number of rotatable bonds is 3. The minimum absolute atomic E-state index is 0.0217. The summed E-state index contributed by atoms with van der Waals surface area (Å²) in [4.78, 5) is 27.5. The maximum atomic E-state index is 12.0. The third kappa shape index (κ3) is 2.73. The lowest BCUT2D eigenvalue weighted by Crippen LogP contribution is -2.29. The summed E-state index contributed by atoms with van der Waals surface area (Å²) < 4.78 is 0. The van der Waals surface area contributed by atoms with Crippen molar-refractivity contribution in [3.05, 3.63) is 29.3 Å². The normalized spacial score (nSPS) is 17.6. The molecular formula is C13H14N2O4. The quantitative estimate of drug-likeness (QED) is 0.863. The molecule has 0 aromatic heterocycles. The van der Waals surface area contributed by atoms with Gasteiger partial charge in [0.1, 0.15) is 0 Å². The highest BCUT2D eigenvalue weighted by molar-refractivity contribution is 6.36. The second kappa shape index (κ2) is 5.09. The Morgan fingerprint density at radius 3 is 2.53 bits per heavy atom. The lowest BCUT2D eigenvalue weighted by atomic mass is 10.1. The number of nitrogens with one attached hydrogen (secondary N) is 1. The van der Waals surface area contributed by atoms with Gasteiger partial charge in [-0.2, -0.15) is 0 Å². The highest BCUT2D eigenvalue weighted by Crippen LogP contribution is 2.21. The van der Waals surface area contributed by atoms with E-state index in [0.29, 0.717) is 0 Å². The number of anilines is 1. The van der Waals surface area contributed by atoms with Crippen LogP contribution in [-0.2, 0) is 14.4 Å². The molecule has 1 atom stereocenters. The van der Waals surface area contributed by atoms with Gasteiger partial charge in [-0.05, 0) is 25.0 Å². The first kappa shape index (κ1) is 13.1. The first-order chi connectivity index (χ1) is 8.99. The van der Waals surface area contributed by atoms with Crippen molar-refractivity contribution in [3.63, 3.8) is 0 Å². The van der Waals surface area contributed by atoms with Crippen molar-refractivity contribution in [1.29, 1.82) is 0 Å². The van der Waals surface area contributed by atoms with Gasteiger partial charge in [-0.3, -0.25) is 4.79 Å². The van der Waals surface area contributed by atoms with E-state index < -0.39 is 18.0 Å². The molecule has 0 bridgehead atoms. The Kier molecular flexibility index (Phi) is 3.50. The standard InChI is InChI=1S/C13H14N2O4/c1-7-4-3-5-8(2)11(7)14-12(16)10-6-9(13(17)18)15-19-10/h3-5,10H,6H2,1-2H3,(H,14,16)(H,17,18). The molecule has 2 N–H and O–H groups in total. The van der Waals surface area contributed by atoms with Gasteiger partial charge in [-0.1, -0.05) is 23.4 Å². The minimum Gasteiger partial charge on any atom is -0.477 e. The van der Waals surface area contributed by atoms with Crippen LogP contribution >= 0.6 is 0 Å². The molecule has 100 valence electrons. The Hall–Kier alpha value is -2.37. The zero-order valence-electron chi connectivity index (χ0n) is 10.6. The number of aliphatic carboxylic acids is 1. The first-order valence-corrected chi connectivity index (χ1v) is 5.82. The van der Waals surface area contributed by atoms with Gasteiger partial charge in [0, 0.05) is 12.1 Å². The van der Waals surface area contributed by atoms with Crippen LogP contribution in [0.5, 0.6) is 0 Å². The molecule has 6 nitrogen and oxygen atoms in total. The summed E-state index contributed by atoms with van der Waals surface area (Å²) in [6.45, 7) is 3.77. The monoisotopic (exact) mass is 262 g/mol. The zero-order valence-corrected chi connectivity index (χ0v) is 10.6. The summed E-state index contributed by atoms with van der Waals surface area (Å²) in [7, 11) is 0.